The highest BCUT2D eigenvalue weighted by molar-refractivity contribution is 7.19. The molecule has 0 spiro atoms. The number of thiophene rings is 1. The first-order chi connectivity index (χ1) is 13.3. The lowest BCUT2D eigenvalue weighted by Crippen LogP contribution is -2.26. The number of rotatable bonds is 2. The standard InChI is InChI=1S/C19H20F2N6S/c1-19(2,3)10-4-5-11-13(8-10)28-17-14(11)16-24-15(25-26(16)9-22-17)12-6-7-23-27(12)18(20)21/h6-7,9-10,18H,4-5,8H2,1-3H3/t10-/m0/s1. The monoisotopic (exact) mass is 402 g/mol. The molecule has 146 valence electrons. The van der Waals surface area contributed by atoms with Gasteiger partial charge in [-0.15, -0.1) is 16.4 Å². The molecule has 1 aliphatic carbocycles. The fraction of sp³-hybridized carbons (Fsp3) is 0.474. The van der Waals surface area contributed by atoms with E-state index in [1.54, 1.807) is 22.2 Å². The zero-order chi connectivity index (χ0) is 19.6. The van der Waals surface area contributed by atoms with Gasteiger partial charge in [0.05, 0.1) is 5.39 Å². The number of hydrogen-bond donors (Lipinski definition) is 0. The number of aryl methyl sites for hydroxylation is 1. The van der Waals surface area contributed by atoms with E-state index in [2.05, 4.69) is 40.9 Å². The van der Waals surface area contributed by atoms with Crippen molar-refractivity contribution in [2.75, 3.05) is 0 Å². The molecule has 28 heavy (non-hydrogen) atoms. The van der Waals surface area contributed by atoms with E-state index < -0.39 is 6.55 Å². The fourth-order valence-electron chi connectivity index (χ4n) is 4.07. The maximum atomic E-state index is 13.2. The van der Waals surface area contributed by atoms with E-state index in [9.17, 15) is 8.78 Å². The van der Waals surface area contributed by atoms with Gasteiger partial charge >= 0.3 is 6.55 Å². The largest absolute Gasteiger partial charge is 0.333 e. The van der Waals surface area contributed by atoms with E-state index in [0.717, 1.165) is 29.5 Å². The molecule has 0 radical (unpaired) electrons. The van der Waals surface area contributed by atoms with Crippen molar-refractivity contribution in [2.45, 2.75) is 46.6 Å². The SMILES string of the molecule is CC(C)(C)[C@H]1CCc2c(sc3ncn4nc(-c5ccnn5C(F)F)nc4c23)C1. The molecule has 6 nitrogen and oxygen atoms in total. The quantitative estimate of drug-likeness (QED) is 0.486. The molecular formula is C19H20F2N6S. The minimum absolute atomic E-state index is 0.198. The summed E-state index contributed by atoms with van der Waals surface area (Å²) < 4.78 is 28.6. The highest BCUT2D eigenvalue weighted by Crippen LogP contribution is 2.43. The Morgan fingerprint density at radius 3 is 2.86 bits per heavy atom. The van der Waals surface area contributed by atoms with E-state index in [1.807, 2.05) is 0 Å². The fourth-order valence-corrected chi connectivity index (χ4v) is 5.33. The van der Waals surface area contributed by atoms with E-state index in [1.165, 1.54) is 22.7 Å². The third-order valence-electron chi connectivity index (χ3n) is 5.69. The van der Waals surface area contributed by atoms with Crippen LogP contribution >= 0.6 is 11.3 Å². The van der Waals surface area contributed by atoms with Gasteiger partial charge in [-0.05, 0) is 42.2 Å². The van der Waals surface area contributed by atoms with Crippen molar-refractivity contribution in [3.63, 3.8) is 0 Å². The number of fused-ring (bicyclic) bond motifs is 5. The van der Waals surface area contributed by atoms with Gasteiger partial charge in [-0.3, -0.25) is 0 Å². The second-order valence-electron chi connectivity index (χ2n) is 8.38. The molecule has 0 N–H and O–H groups in total. The summed E-state index contributed by atoms with van der Waals surface area (Å²) in [5, 5.41) is 9.08. The lowest BCUT2D eigenvalue weighted by Gasteiger charge is -2.33. The van der Waals surface area contributed by atoms with Crippen molar-refractivity contribution in [3.05, 3.63) is 29.0 Å². The maximum absolute atomic E-state index is 13.2. The molecule has 1 atom stereocenters. The topological polar surface area (TPSA) is 60.9 Å². The Bertz CT molecular complexity index is 1180. The molecular weight excluding hydrogens is 382 g/mol. The van der Waals surface area contributed by atoms with Gasteiger partial charge in [0.1, 0.15) is 16.9 Å². The average molecular weight is 402 g/mol. The van der Waals surface area contributed by atoms with Gasteiger partial charge in [0, 0.05) is 11.1 Å². The lowest BCUT2D eigenvalue weighted by atomic mass is 9.72. The Balaban J connectivity index is 1.66. The van der Waals surface area contributed by atoms with E-state index in [0.29, 0.717) is 16.2 Å². The minimum atomic E-state index is -2.74. The highest BCUT2D eigenvalue weighted by Gasteiger charge is 2.32. The molecule has 0 aromatic carbocycles. The Labute approximate surface area is 164 Å². The zero-order valence-electron chi connectivity index (χ0n) is 15.9. The van der Waals surface area contributed by atoms with Crippen molar-refractivity contribution in [1.29, 1.82) is 0 Å². The van der Waals surface area contributed by atoms with Crippen LogP contribution < -0.4 is 0 Å². The van der Waals surface area contributed by atoms with Crippen LogP contribution in [0.3, 0.4) is 0 Å². The summed E-state index contributed by atoms with van der Waals surface area (Å²) in [6.45, 7) is 4.15. The highest BCUT2D eigenvalue weighted by atomic mass is 32.1. The molecule has 4 heterocycles. The molecule has 0 saturated heterocycles. The molecule has 0 unspecified atom stereocenters. The summed E-state index contributed by atoms with van der Waals surface area (Å²) in [5.41, 5.74) is 2.43. The molecule has 0 saturated carbocycles. The van der Waals surface area contributed by atoms with Crippen LogP contribution in [0, 0.1) is 11.3 Å². The first-order valence-electron chi connectivity index (χ1n) is 9.30. The van der Waals surface area contributed by atoms with Crippen LogP contribution in [0.15, 0.2) is 18.6 Å². The molecule has 1 aliphatic rings. The first kappa shape index (κ1) is 17.7. The van der Waals surface area contributed by atoms with Crippen molar-refractivity contribution in [3.8, 4) is 11.5 Å². The van der Waals surface area contributed by atoms with E-state index in [-0.39, 0.29) is 16.9 Å². The summed E-state index contributed by atoms with van der Waals surface area (Å²) in [4.78, 5) is 11.5. The first-order valence-corrected chi connectivity index (χ1v) is 10.1. The summed E-state index contributed by atoms with van der Waals surface area (Å²) in [5.74, 6) is 0.869. The van der Waals surface area contributed by atoms with Crippen LogP contribution in [0.2, 0.25) is 0 Å². The zero-order valence-corrected chi connectivity index (χ0v) is 16.7. The normalized spacial score (nSPS) is 17.7. The summed E-state index contributed by atoms with van der Waals surface area (Å²) in [7, 11) is 0. The smallest absolute Gasteiger partial charge is 0.225 e. The number of hydrogen-bond acceptors (Lipinski definition) is 5. The molecule has 0 bridgehead atoms. The Morgan fingerprint density at radius 2 is 2.11 bits per heavy atom. The second kappa shape index (κ2) is 6.04. The van der Waals surface area contributed by atoms with Gasteiger partial charge in [0.15, 0.2) is 5.65 Å². The molecule has 4 aromatic rings. The third-order valence-corrected chi connectivity index (χ3v) is 6.86. The molecule has 0 amide bonds. The number of halogens is 2. The lowest BCUT2D eigenvalue weighted by molar-refractivity contribution is 0.0583. The summed E-state index contributed by atoms with van der Waals surface area (Å²) in [6.07, 6.45) is 6.10. The maximum Gasteiger partial charge on any atom is 0.333 e. The predicted octanol–water partition coefficient (Wildman–Crippen LogP) is 4.75. The van der Waals surface area contributed by atoms with Crippen molar-refractivity contribution < 1.29 is 8.78 Å². The van der Waals surface area contributed by atoms with Crippen LogP contribution in [0.4, 0.5) is 8.78 Å². The van der Waals surface area contributed by atoms with E-state index >= 15 is 0 Å². The minimum Gasteiger partial charge on any atom is -0.225 e. The molecule has 0 aliphatic heterocycles. The summed E-state index contributed by atoms with van der Waals surface area (Å²) >= 11 is 1.72. The number of aromatic nitrogens is 6. The second-order valence-corrected chi connectivity index (χ2v) is 9.46. The van der Waals surface area contributed by atoms with Crippen molar-refractivity contribution >= 4 is 27.2 Å². The van der Waals surface area contributed by atoms with Gasteiger partial charge in [-0.25, -0.2) is 19.2 Å². The van der Waals surface area contributed by atoms with E-state index in [4.69, 9.17) is 0 Å². The van der Waals surface area contributed by atoms with Gasteiger partial charge in [0.2, 0.25) is 5.82 Å². The number of alkyl halides is 2. The third kappa shape index (κ3) is 2.63. The molecule has 0 fully saturated rings. The van der Waals surface area contributed by atoms with Gasteiger partial charge in [-0.2, -0.15) is 13.9 Å². The predicted molar refractivity (Wildman–Crippen MR) is 104 cm³/mol. The van der Waals surface area contributed by atoms with Gasteiger partial charge < -0.3 is 0 Å². The van der Waals surface area contributed by atoms with Crippen LogP contribution in [-0.4, -0.2) is 29.4 Å². The van der Waals surface area contributed by atoms with Crippen LogP contribution in [0.1, 0.15) is 44.2 Å². The molecule has 9 heteroatoms. The van der Waals surface area contributed by atoms with Crippen molar-refractivity contribution in [1.82, 2.24) is 29.4 Å². The summed E-state index contributed by atoms with van der Waals surface area (Å²) in [6, 6.07) is 1.50. The van der Waals surface area contributed by atoms with Gasteiger partial charge in [-0.1, -0.05) is 20.8 Å². The Morgan fingerprint density at radius 1 is 1.29 bits per heavy atom. The Kier molecular flexibility index (Phi) is 3.81. The van der Waals surface area contributed by atoms with Crippen molar-refractivity contribution in [2.24, 2.45) is 11.3 Å². The van der Waals surface area contributed by atoms with Crippen LogP contribution in [0.5, 0.6) is 0 Å². The molecule has 5 rings (SSSR count). The molecule has 4 aromatic heterocycles. The van der Waals surface area contributed by atoms with Gasteiger partial charge in [0.25, 0.3) is 0 Å². The number of nitrogens with zero attached hydrogens (tertiary/aromatic N) is 6. The van der Waals surface area contributed by atoms with Crippen LogP contribution in [0.25, 0.3) is 27.4 Å². The average Bonchev–Trinajstić information content (AvgIpc) is 3.34. The van der Waals surface area contributed by atoms with Crippen LogP contribution in [-0.2, 0) is 12.8 Å². The Hall–Kier alpha value is -2.42.